The second-order valence-electron chi connectivity index (χ2n) is 8.13. The Morgan fingerprint density at radius 3 is 1.58 bits per heavy atom. The van der Waals surface area contributed by atoms with Crippen molar-refractivity contribution in [1.82, 2.24) is 0 Å². The van der Waals surface area contributed by atoms with Crippen molar-refractivity contribution in [2.24, 2.45) is 0 Å². The van der Waals surface area contributed by atoms with Gasteiger partial charge < -0.3 is 9.53 Å². The summed E-state index contributed by atoms with van der Waals surface area (Å²) in [5.41, 5.74) is -1.59. The van der Waals surface area contributed by atoms with Gasteiger partial charge in [0, 0.05) is 19.4 Å². The van der Waals surface area contributed by atoms with Crippen molar-refractivity contribution in [3.63, 3.8) is 0 Å². The number of terminal acetylenes is 1. The monoisotopic (exact) mass is 532 g/mol. The number of hydrogen-bond acceptors (Lipinski definition) is 2. The molecule has 1 atom stereocenters. The fraction of sp³-hybridized carbons (Fsp3) is 0.882. The molecule has 0 heterocycles. The summed E-state index contributed by atoms with van der Waals surface area (Å²) < 4.78 is 175. The van der Waals surface area contributed by atoms with Gasteiger partial charge in [-0.15, -0.1) is 6.42 Å². The zero-order valence-corrected chi connectivity index (χ0v) is 18.4. The molecule has 0 amide bonds. The first-order valence-electron chi connectivity index (χ1n) is 9.02. The molecule has 196 valence electrons. The SMILES string of the molecule is C#CC(C)(O)CCO[Si](C)(C)CCCC(F)(F)C(F)(F)C(F)(F)C(F)(F)C(F)(F)C(F)(F)F. The van der Waals surface area contributed by atoms with Crippen molar-refractivity contribution in [2.45, 2.75) is 86.7 Å². The summed E-state index contributed by atoms with van der Waals surface area (Å²) in [5.74, 6) is -34.7. The number of hydrogen-bond donors (Lipinski definition) is 1. The highest BCUT2D eigenvalue weighted by molar-refractivity contribution is 6.71. The molecule has 1 unspecified atom stereocenters. The van der Waals surface area contributed by atoms with Crippen LogP contribution in [-0.2, 0) is 4.43 Å². The molecule has 0 aromatic rings. The molecule has 0 saturated heterocycles. The molecule has 0 saturated carbocycles. The van der Waals surface area contributed by atoms with Gasteiger partial charge in [0.25, 0.3) is 0 Å². The van der Waals surface area contributed by atoms with E-state index in [4.69, 9.17) is 10.8 Å². The van der Waals surface area contributed by atoms with E-state index in [2.05, 4.69) is 0 Å². The standard InChI is InChI=1S/C17H21F13O2Si/c1-5-11(2,31)8-9-32-33(3,4)10-6-7-12(18,19)13(20,21)14(22,23)15(24,25)16(26,27)17(28,29)30/h1,31H,6-10H2,2-4H3. The summed E-state index contributed by atoms with van der Waals surface area (Å²) in [7, 11) is -2.97. The molecular formula is C17H21F13O2Si. The molecule has 0 spiro atoms. The van der Waals surface area contributed by atoms with Crippen molar-refractivity contribution >= 4 is 8.32 Å². The van der Waals surface area contributed by atoms with Crippen LogP contribution >= 0.6 is 0 Å². The molecule has 33 heavy (non-hydrogen) atoms. The second-order valence-corrected chi connectivity index (χ2v) is 12.4. The van der Waals surface area contributed by atoms with E-state index in [1.165, 1.54) is 20.0 Å². The van der Waals surface area contributed by atoms with Gasteiger partial charge in [-0.05, 0) is 32.5 Å². The Morgan fingerprint density at radius 2 is 1.18 bits per heavy atom. The summed E-state index contributed by atoms with van der Waals surface area (Å²) >= 11 is 0. The molecule has 0 fully saturated rings. The third-order valence-corrected chi connectivity index (χ3v) is 7.20. The minimum atomic E-state index is -7.89. The number of aliphatic hydroxyl groups is 1. The van der Waals surface area contributed by atoms with Crippen molar-refractivity contribution in [3.8, 4) is 12.3 Å². The van der Waals surface area contributed by atoms with Crippen LogP contribution < -0.4 is 0 Å². The van der Waals surface area contributed by atoms with Gasteiger partial charge in [0.1, 0.15) is 5.60 Å². The molecule has 0 rings (SSSR count). The molecular weight excluding hydrogens is 511 g/mol. The van der Waals surface area contributed by atoms with Crippen LogP contribution in [0.1, 0.15) is 26.2 Å². The van der Waals surface area contributed by atoms with E-state index in [0.29, 0.717) is 0 Å². The smallest absolute Gasteiger partial charge is 0.417 e. The van der Waals surface area contributed by atoms with Crippen LogP contribution in [0.3, 0.4) is 0 Å². The molecule has 0 bridgehead atoms. The molecule has 1 N–H and O–H groups in total. The Bertz CT molecular complexity index is 709. The highest BCUT2D eigenvalue weighted by atomic mass is 28.4. The molecule has 0 aromatic carbocycles. The summed E-state index contributed by atoms with van der Waals surface area (Å²) in [6, 6.07) is -0.447. The van der Waals surface area contributed by atoms with E-state index in [1.807, 2.05) is 5.92 Å². The Labute approximate surface area is 181 Å². The Kier molecular flexibility index (Phi) is 9.09. The topological polar surface area (TPSA) is 29.5 Å². The van der Waals surface area contributed by atoms with Crippen LogP contribution in [0.5, 0.6) is 0 Å². The molecule has 0 aliphatic carbocycles. The van der Waals surface area contributed by atoms with Crippen LogP contribution in [0.15, 0.2) is 0 Å². The number of alkyl halides is 13. The van der Waals surface area contributed by atoms with Crippen molar-refractivity contribution in [3.05, 3.63) is 0 Å². The fourth-order valence-electron chi connectivity index (χ4n) is 2.37. The zero-order valence-electron chi connectivity index (χ0n) is 17.4. The average Bonchev–Trinajstić information content (AvgIpc) is 2.59. The second kappa shape index (κ2) is 9.44. The van der Waals surface area contributed by atoms with Gasteiger partial charge in [0.15, 0.2) is 8.32 Å². The van der Waals surface area contributed by atoms with Crippen LogP contribution in [0, 0.1) is 12.3 Å². The lowest BCUT2D eigenvalue weighted by atomic mass is 9.92. The minimum absolute atomic E-state index is 0.122. The van der Waals surface area contributed by atoms with Gasteiger partial charge in [-0.1, -0.05) is 5.92 Å². The summed E-state index contributed by atoms with van der Waals surface area (Å²) in [6.07, 6.45) is -5.83. The number of rotatable bonds is 12. The lowest BCUT2D eigenvalue weighted by molar-refractivity contribution is -0.440. The van der Waals surface area contributed by atoms with Crippen LogP contribution in [0.2, 0.25) is 19.1 Å². The first kappa shape index (κ1) is 31.8. The van der Waals surface area contributed by atoms with Crippen molar-refractivity contribution in [1.29, 1.82) is 0 Å². The van der Waals surface area contributed by atoms with Crippen LogP contribution in [0.25, 0.3) is 0 Å². The maximum Gasteiger partial charge on any atom is 0.460 e. The summed E-state index contributed by atoms with van der Waals surface area (Å²) in [4.78, 5) is 0. The Hall–Kier alpha value is -1.21. The quantitative estimate of drug-likeness (QED) is 0.177. The predicted molar refractivity (Wildman–Crippen MR) is 92.3 cm³/mol. The molecule has 0 radical (unpaired) electrons. The maximum atomic E-state index is 13.8. The van der Waals surface area contributed by atoms with E-state index < -0.39 is 68.6 Å². The van der Waals surface area contributed by atoms with Gasteiger partial charge in [-0.3, -0.25) is 0 Å². The number of halogens is 13. The normalized spacial score (nSPS) is 17.0. The van der Waals surface area contributed by atoms with Crippen LogP contribution in [0.4, 0.5) is 57.1 Å². The minimum Gasteiger partial charge on any atom is -0.417 e. The fourth-order valence-corrected chi connectivity index (χ4v) is 4.19. The van der Waals surface area contributed by atoms with E-state index >= 15 is 0 Å². The Balaban J connectivity index is 5.46. The average molecular weight is 532 g/mol. The lowest BCUT2D eigenvalue weighted by Gasteiger charge is -2.40. The largest absolute Gasteiger partial charge is 0.460 e. The van der Waals surface area contributed by atoms with E-state index in [-0.39, 0.29) is 13.0 Å². The highest BCUT2D eigenvalue weighted by Gasteiger charge is 2.90. The van der Waals surface area contributed by atoms with E-state index in [1.54, 1.807) is 0 Å². The molecule has 2 nitrogen and oxygen atoms in total. The van der Waals surface area contributed by atoms with Gasteiger partial charge in [-0.25, -0.2) is 0 Å². The van der Waals surface area contributed by atoms with Gasteiger partial charge in [0.2, 0.25) is 0 Å². The van der Waals surface area contributed by atoms with Gasteiger partial charge >= 0.3 is 35.8 Å². The predicted octanol–water partition coefficient (Wildman–Crippen LogP) is 6.50. The molecule has 16 heteroatoms. The van der Waals surface area contributed by atoms with Crippen LogP contribution in [-0.4, -0.2) is 61.4 Å². The summed E-state index contributed by atoms with van der Waals surface area (Å²) in [5, 5.41) is 9.60. The Morgan fingerprint density at radius 1 is 0.758 bits per heavy atom. The molecule has 0 aromatic heterocycles. The van der Waals surface area contributed by atoms with Crippen molar-refractivity contribution < 1.29 is 66.6 Å². The molecule has 0 aliphatic rings. The zero-order chi connectivity index (χ0) is 26.9. The van der Waals surface area contributed by atoms with Crippen molar-refractivity contribution in [2.75, 3.05) is 6.61 Å². The summed E-state index contributed by atoms with van der Waals surface area (Å²) in [6.45, 7) is 3.76. The van der Waals surface area contributed by atoms with Gasteiger partial charge in [0.05, 0.1) is 0 Å². The van der Waals surface area contributed by atoms with E-state index in [9.17, 15) is 62.2 Å². The molecule has 0 aliphatic heterocycles. The maximum absolute atomic E-state index is 13.8. The first-order valence-corrected chi connectivity index (χ1v) is 12.1. The van der Waals surface area contributed by atoms with E-state index in [0.717, 1.165) is 0 Å². The first-order chi connectivity index (χ1) is 14.2. The third-order valence-electron chi connectivity index (χ3n) is 4.66. The highest BCUT2D eigenvalue weighted by Crippen LogP contribution is 2.60. The van der Waals surface area contributed by atoms with Gasteiger partial charge in [-0.2, -0.15) is 57.1 Å². The third kappa shape index (κ3) is 6.47. The lowest BCUT2D eigenvalue weighted by Crippen LogP contribution is -2.70.